The van der Waals surface area contributed by atoms with E-state index in [2.05, 4.69) is 34.2 Å². The Bertz CT molecular complexity index is 1200. The van der Waals surface area contributed by atoms with Gasteiger partial charge in [-0.25, -0.2) is 4.98 Å². The van der Waals surface area contributed by atoms with Crippen molar-refractivity contribution >= 4 is 5.91 Å². The Morgan fingerprint density at radius 3 is 2.61 bits per heavy atom. The lowest BCUT2D eigenvalue weighted by molar-refractivity contribution is 0.0739. The summed E-state index contributed by atoms with van der Waals surface area (Å²) in [5, 5.41) is 7.56. The number of benzene rings is 2. The van der Waals surface area contributed by atoms with Gasteiger partial charge in [0.2, 0.25) is 0 Å². The molecule has 1 aliphatic heterocycles. The molecular formula is C26H27N5O2. The number of carbonyl (C=O) groups is 1. The quantitative estimate of drug-likeness (QED) is 0.409. The number of hydrogen-bond donors (Lipinski definition) is 1. The van der Waals surface area contributed by atoms with E-state index in [-0.39, 0.29) is 11.9 Å². The van der Waals surface area contributed by atoms with E-state index in [0.717, 1.165) is 47.5 Å². The normalized spacial score (nSPS) is 15.1. The van der Waals surface area contributed by atoms with Gasteiger partial charge in [0.15, 0.2) is 0 Å². The first kappa shape index (κ1) is 21.0. The van der Waals surface area contributed by atoms with Crippen LogP contribution in [-0.2, 0) is 6.54 Å². The lowest BCUT2D eigenvalue weighted by Crippen LogP contribution is -2.31. The molecule has 1 unspecified atom stereocenters. The van der Waals surface area contributed by atoms with E-state index in [0.29, 0.717) is 18.8 Å². The predicted octanol–water partition coefficient (Wildman–Crippen LogP) is 4.70. The van der Waals surface area contributed by atoms with Gasteiger partial charge in [-0.3, -0.25) is 9.89 Å². The van der Waals surface area contributed by atoms with E-state index in [1.807, 2.05) is 58.1 Å². The fraction of sp³-hybridized carbons (Fsp3) is 0.269. The number of nitrogens with one attached hydrogen (secondary N) is 1. The largest absolute Gasteiger partial charge is 0.494 e. The third kappa shape index (κ3) is 4.14. The topological polar surface area (TPSA) is 76.0 Å². The summed E-state index contributed by atoms with van der Waals surface area (Å²) in [6.45, 7) is 4.21. The minimum absolute atomic E-state index is 0.0124. The molecule has 0 radical (unpaired) electrons. The average molecular weight is 442 g/mol. The lowest BCUT2D eigenvalue weighted by Gasteiger charge is -2.26. The molecule has 7 nitrogen and oxygen atoms in total. The van der Waals surface area contributed by atoms with E-state index < -0.39 is 0 Å². The molecule has 0 saturated heterocycles. The van der Waals surface area contributed by atoms with Crippen molar-refractivity contribution in [1.29, 1.82) is 0 Å². The molecule has 0 spiro atoms. The first-order valence-corrected chi connectivity index (χ1v) is 11.4. The third-order valence-electron chi connectivity index (χ3n) is 5.95. The third-order valence-corrected chi connectivity index (χ3v) is 5.95. The van der Waals surface area contributed by atoms with Crippen molar-refractivity contribution in [2.45, 2.75) is 32.4 Å². The smallest absolute Gasteiger partial charge is 0.273 e. The van der Waals surface area contributed by atoms with Gasteiger partial charge in [0.1, 0.15) is 11.4 Å². The zero-order chi connectivity index (χ0) is 22.6. The summed E-state index contributed by atoms with van der Waals surface area (Å²) in [5.74, 6) is 0.828. The van der Waals surface area contributed by atoms with Crippen LogP contribution in [0.15, 0.2) is 73.3 Å². The number of aromatic amines is 1. The van der Waals surface area contributed by atoms with Crippen LogP contribution in [0.5, 0.6) is 5.75 Å². The number of hydrogen-bond acceptors (Lipinski definition) is 4. The summed E-state index contributed by atoms with van der Waals surface area (Å²) in [5.41, 5.74) is 4.39. The van der Waals surface area contributed by atoms with Crippen molar-refractivity contribution < 1.29 is 9.53 Å². The minimum Gasteiger partial charge on any atom is -0.494 e. The SMILES string of the molecule is CCCOc1ccc(C2c3c(-c4ccccc4)n[nH]c3C(=O)N2CCCn2ccnc2)cc1. The number of aryl methyl sites for hydroxylation is 1. The van der Waals surface area contributed by atoms with Crippen molar-refractivity contribution in [3.05, 3.63) is 90.1 Å². The first-order valence-electron chi connectivity index (χ1n) is 11.4. The van der Waals surface area contributed by atoms with Gasteiger partial charge in [-0.15, -0.1) is 0 Å². The Labute approximate surface area is 193 Å². The van der Waals surface area contributed by atoms with Gasteiger partial charge in [0.25, 0.3) is 5.91 Å². The Hall–Kier alpha value is -3.87. The fourth-order valence-corrected chi connectivity index (χ4v) is 4.40. The highest BCUT2D eigenvalue weighted by Gasteiger charge is 2.41. The molecule has 33 heavy (non-hydrogen) atoms. The van der Waals surface area contributed by atoms with E-state index in [9.17, 15) is 4.79 Å². The molecule has 0 saturated carbocycles. The van der Waals surface area contributed by atoms with Crippen molar-refractivity contribution in [1.82, 2.24) is 24.6 Å². The number of fused-ring (bicyclic) bond motifs is 1. The predicted molar refractivity (Wildman–Crippen MR) is 126 cm³/mol. The molecule has 0 aliphatic carbocycles. The van der Waals surface area contributed by atoms with Crippen molar-refractivity contribution in [2.24, 2.45) is 0 Å². The molecule has 168 valence electrons. The molecule has 3 heterocycles. The zero-order valence-electron chi connectivity index (χ0n) is 18.6. The molecule has 0 bridgehead atoms. The monoisotopic (exact) mass is 441 g/mol. The summed E-state index contributed by atoms with van der Waals surface area (Å²) >= 11 is 0. The molecule has 2 aromatic carbocycles. The summed E-state index contributed by atoms with van der Waals surface area (Å²) in [7, 11) is 0. The van der Waals surface area contributed by atoms with Gasteiger partial charge in [-0.1, -0.05) is 49.4 Å². The molecular weight excluding hydrogens is 414 g/mol. The number of aromatic nitrogens is 4. The molecule has 1 amide bonds. The number of amides is 1. The number of H-pyrrole nitrogens is 1. The van der Waals surface area contributed by atoms with Crippen LogP contribution in [0, 0.1) is 0 Å². The summed E-state index contributed by atoms with van der Waals surface area (Å²) in [6, 6.07) is 17.9. The van der Waals surface area contributed by atoms with Crippen LogP contribution in [0.1, 0.15) is 47.4 Å². The number of carbonyl (C=O) groups excluding carboxylic acids is 1. The molecule has 1 N–H and O–H groups in total. The van der Waals surface area contributed by atoms with Gasteiger partial charge >= 0.3 is 0 Å². The highest BCUT2D eigenvalue weighted by Crippen LogP contribution is 2.43. The van der Waals surface area contributed by atoms with Crippen LogP contribution >= 0.6 is 0 Å². The molecule has 0 fully saturated rings. The Morgan fingerprint density at radius 1 is 1.06 bits per heavy atom. The van der Waals surface area contributed by atoms with Crippen LogP contribution in [0.25, 0.3) is 11.3 Å². The average Bonchev–Trinajstić information content (AvgIpc) is 3.58. The molecule has 4 aromatic rings. The molecule has 5 rings (SSSR count). The highest BCUT2D eigenvalue weighted by molar-refractivity contribution is 6.00. The maximum Gasteiger partial charge on any atom is 0.273 e. The van der Waals surface area contributed by atoms with Crippen LogP contribution in [0.3, 0.4) is 0 Å². The van der Waals surface area contributed by atoms with Crippen molar-refractivity contribution in [3.8, 4) is 17.0 Å². The van der Waals surface area contributed by atoms with Crippen molar-refractivity contribution in [2.75, 3.05) is 13.2 Å². The summed E-state index contributed by atoms with van der Waals surface area (Å²) in [6.07, 6.45) is 7.31. The first-order chi connectivity index (χ1) is 16.3. The van der Waals surface area contributed by atoms with Crippen LogP contribution in [-0.4, -0.2) is 43.7 Å². The zero-order valence-corrected chi connectivity index (χ0v) is 18.6. The number of nitrogens with zero attached hydrogens (tertiary/aromatic N) is 4. The summed E-state index contributed by atoms with van der Waals surface area (Å²) < 4.78 is 7.80. The van der Waals surface area contributed by atoms with Gasteiger partial charge < -0.3 is 14.2 Å². The Balaban J connectivity index is 1.48. The lowest BCUT2D eigenvalue weighted by atomic mass is 9.96. The minimum atomic E-state index is -0.204. The second-order valence-electron chi connectivity index (χ2n) is 8.20. The molecule has 2 aromatic heterocycles. The van der Waals surface area contributed by atoms with E-state index >= 15 is 0 Å². The van der Waals surface area contributed by atoms with E-state index in [4.69, 9.17) is 4.74 Å². The van der Waals surface area contributed by atoms with Gasteiger partial charge in [0.05, 0.1) is 24.7 Å². The standard InChI is InChI=1S/C26H27N5O2/c1-2-17-33-21-11-9-20(10-12-21)25-22-23(19-7-4-3-5-8-19)28-29-24(22)26(32)31(25)15-6-14-30-16-13-27-18-30/h3-5,7-13,16,18,25H,2,6,14-15,17H2,1H3,(H,28,29). The highest BCUT2D eigenvalue weighted by atomic mass is 16.5. The van der Waals surface area contributed by atoms with Crippen LogP contribution in [0.2, 0.25) is 0 Å². The van der Waals surface area contributed by atoms with Gasteiger partial charge in [-0.05, 0) is 30.5 Å². The second kappa shape index (κ2) is 9.32. The van der Waals surface area contributed by atoms with Gasteiger partial charge in [-0.2, -0.15) is 5.10 Å². The van der Waals surface area contributed by atoms with Gasteiger partial charge in [0, 0.05) is 36.6 Å². The Morgan fingerprint density at radius 2 is 1.88 bits per heavy atom. The maximum atomic E-state index is 13.4. The van der Waals surface area contributed by atoms with Crippen molar-refractivity contribution in [3.63, 3.8) is 0 Å². The maximum absolute atomic E-state index is 13.4. The van der Waals surface area contributed by atoms with E-state index in [1.54, 1.807) is 12.5 Å². The number of ether oxygens (including phenoxy) is 1. The second-order valence-corrected chi connectivity index (χ2v) is 8.20. The van der Waals surface area contributed by atoms with E-state index in [1.165, 1.54) is 0 Å². The number of rotatable bonds is 9. The summed E-state index contributed by atoms with van der Waals surface area (Å²) in [4.78, 5) is 19.5. The fourth-order valence-electron chi connectivity index (χ4n) is 4.40. The Kier molecular flexibility index (Phi) is 5.93. The van der Waals surface area contributed by atoms with Crippen LogP contribution in [0.4, 0.5) is 0 Å². The molecule has 1 atom stereocenters. The van der Waals surface area contributed by atoms with Crippen LogP contribution < -0.4 is 4.74 Å². The molecule has 1 aliphatic rings. The molecule has 7 heteroatoms. The number of imidazole rings is 1.